The molecule has 0 radical (unpaired) electrons. The summed E-state index contributed by atoms with van der Waals surface area (Å²) in [7, 11) is 0. The summed E-state index contributed by atoms with van der Waals surface area (Å²) < 4.78 is 0. The lowest BCUT2D eigenvalue weighted by molar-refractivity contribution is -0.0721. The van der Waals surface area contributed by atoms with Crippen molar-refractivity contribution < 1.29 is 10.0 Å². The van der Waals surface area contributed by atoms with Crippen molar-refractivity contribution in [2.75, 3.05) is 13.1 Å². The molecule has 4 heteroatoms. The van der Waals surface area contributed by atoms with Crippen molar-refractivity contribution in [2.45, 2.75) is 26.7 Å². The van der Waals surface area contributed by atoms with Gasteiger partial charge < -0.3 is 10.0 Å². The van der Waals surface area contributed by atoms with Crippen LogP contribution in [0.3, 0.4) is 0 Å². The highest BCUT2D eigenvalue weighted by atomic mass is 16.6. The van der Waals surface area contributed by atoms with Crippen LogP contribution in [0.25, 0.3) is 0 Å². The summed E-state index contributed by atoms with van der Waals surface area (Å²) >= 11 is 0. The summed E-state index contributed by atoms with van der Waals surface area (Å²) in [6, 6.07) is 0. The molecule has 0 aromatic heterocycles. The third-order valence-corrected chi connectivity index (χ3v) is 2.02. The maximum Gasteiger partial charge on any atom is 0.121 e. The Hall–Kier alpha value is -0.870. The monoisotopic (exact) mass is 184 g/mol. The van der Waals surface area contributed by atoms with Crippen molar-refractivity contribution >= 4 is 5.71 Å². The summed E-state index contributed by atoms with van der Waals surface area (Å²) in [6.07, 6.45) is 3.46. The van der Waals surface area contributed by atoms with Crippen LogP contribution in [0.1, 0.15) is 26.7 Å². The molecule has 1 aliphatic heterocycles. The molecule has 0 spiro atoms. The van der Waals surface area contributed by atoms with Crippen LogP contribution in [-0.2, 0) is 4.84 Å². The van der Waals surface area contributed by atoms with E-state index < -0.39 is 0 Å². The van der Waals surface area contributed by atoms with Crippen LogP contribution in [0.4, 0.5) is 0 Å². The summed E-state index contributed by atoms with van der Waals surface area (Å²) in [5.74, 6) is 0. The molecular formula is C9H16N2O2. The highest BCUT2D eigenvalue weighted by molar-refractivity contribution is 5.88. The number of hydroxylamine groups is 2. The minimum atomic E-state index is 0.466. The first-order chi connectivity index (χ1) is 6.26. The Bertz CT molecular complexity index is 224. The van der Waals surface area contributed by atoms with Gasteiger partial charge >= 0.3 is 0 Å². The normalized spacial score (nSPS) is 16.6. The van der Waals surface area contributed by atoms with Crippen molar-refractivity contribution in [3.05, 3.63) is 11.8 Å². The van der Waals surface area contributed by atoms with Crippen LogP contribution in [0.5, 0.6) is 0 Å². The molecule has 0 amide bonds. The third-order valence-electron chi connectivity index (χ3n) is 2.02. The molecule has 1 heterocycles. The van der Waals surface area contributed by atoms with E-state index in [1.165, 1.54) is 10.6 Å². The molecule has 4 nitrogen and oxygen atoms in total. The van der Waals surface area contributed by atoms with E-state index in [1.807, 2.05) is 6.92 Å². The van der Waals surface area contributed by atoms with Gasteiger partial charge in [-0.25, -0.2) is 0 Å². The van der Waals surface area contributed by atoms with E-state index in [4.69, 9.17) is 4.84 Å². The zero-order valence-electron chi connectivity index (χ0n) is 8.16. The van der Waals surface area contributed by atoms with Gasteiger partial charge in [0.15, 0.2) is 0 Å². The largest absolute Gasteiger partial charge is 0.365 e. The van der Waals surface area contributed by atoms with Gasteiger partial charge in [0.25, 0.3) is 0 Å². The zero-order valence-corrected chi connectivity index (χ0v) is 8.16. The third kappa shape index (κ3) is 3.16. The summed E-state index contributed by atoms with van der Waals surface area (Å²) in [4.78, 5) is 4.92. The Balaban J connectivity index is 2.40. The van der Waals surface area contributed by atoms with Crippen LogP contribution in [0, 0.1) is 0 Å². The molecule has 0 unspecified atom stereocenters. The first kappa shape index (κ1) is 10.2. The van der Waals surface area contributed by atoms with Crippen LogP contribution >= 0.6 is 0 Å². The first-order valence-electron chi connectivity index (χ1n) is 4.59. The fraction of sp³-hybridized carbons (Fsp3) is 0.667. The van der Waals surface area contributed by atoms with E-state index in [0.717, 1.165) is 18.6 Å². The Morgan fingerprint density at radius 2 is 2.38 bits per heavy atom. The molecule has 0 bridgehead atoms. The molecule has 1 N–H and O–H groups in total. The topological polar surface area (TPSA) is 45.1 Å². The van der Waals surface area contributed by atoms with Crippen LogP contribution in [-0.4, -0.2) is 29.1 Å². The van der Waals surface area contributed by atoms with Gasteiger partial charge in [-0.15, -0.1) is 0 Å². The summed E-state index contributed by atoms with van der Waals surface area (Å²) in [5, 5.41) is 14.3. The quantitative estimate of drug-likeness (QED) is 0.677. The lowest BCUT2D eigenvalue weighted by atomic mass is 10.1. The SMILES string of the molecule is CCC1=CON=C(CN(O)CC)C1. The van der Waals surface area contributed by atoms with Gasteiger partial charge in [0, 0.05) is 13.0 Å². The Morgan fingerprint density at radius 1 is 1.62 bits per heavy atom. The minimum Gasteiger partial charge on any atom is -0.365 e. The van der Waals surface area contributed by atoms with Crippen LogP contribution in [0.2, 0.25) is 0 Å². The molecule has 0 aromatic carbocycles. The number of allylic oxidation sites excluding steroid dienone is 1. The smallest absolute Gasteiger partial charge is 0.121 e. The minimum absolute atomic E-state index is 0.466. The van der Waals surface area contributed by atoms with Gasteiger partial charge in [-0.3, -0.25) is 0 Å². The van der Waals surface area contributed by atoms with Gasteiger partial charge in [0.2, 0.25) is 0 Å². The first-order valence-corrected chi connectivity index (χ1v) is 4.59. The lowest BCUT2D eigenvalue weighted by Gasteiger charge is -2.16. The molecular weight excluding hydrogens is 168 g/mol. The van der Waals surface area contributed by atoms with Crippen LogP contribution < -0.4 is 0 Å². The van der Waals surface area contributed by atoms with Gasteiger partial charge in [-0.2, -0.15) is 5.06 Å². The Kier molecular flexibility index (Phi) is 3.92. The van der Waals surface area contributed by atoms with Crippen LogP contribution in [0.15, 0.2) is 17.0 Å². The van der Waals surface area contributed by atoms with E-state index in [0.29, 0.717) is 13.1 Å². The van der Waals surface area contributed by atoms with Crippen molar-refractivity contribution in [1.82, 2.24) is 5.06 Å². The highest BCUT2D eigenvalue weighted by Gasteiger charge is 2.11. The molecule has 13 heavy (non-hydrogen) atoms. The molecule has 0 fully saturated rings. The maximum atomic E-state index is 9.25. The second-order valence-electron chi connectivity index (χ2n) is 3.05. The number of oxime groups is 1. The second-order valence-corrected chi connectivity index (χ2v) is 3.05. The maximum absolute atomic E-state index is 9.25. The predicted molar refractivity (Wildman–Crippen MR) is 50.5 cm³/mol. The van der Waals surface area contributed by atoms with E-state index in [9.17, 15) is 5.21 Å². The molecule has 0 aromatic rings. The molecule has 0 aliphatic carbocycles. The number of hydrogen-bond acceptors (Lipinski definition) is 4. The second kappa shape index (κ2) is 4.99. The van der Waals surface area contributed by atoms with E-state index in [-0.39, 0.29) is 0 Å². The average Bonchev–Trinajstić information content (AvgIpc) is 2.18. The van der Waals surface area contributed by atoms with Gasteiger partial charge in [0.05, 0.1) is 12.3 Å². The molecule has 0 atom stereocenters. The summed E-state index contributed by atoms with van der Waals surface area (Å²) in [5.41, 5.74) is 2.10. The standard InChI is InChI=1S/C9H16N2O2/c1-3-8-5-9(10-13-7-8)6-11(12)4-2/h7,12H,3-6H2,1-2H3. The molecule has 74 valence electrons. The number of rotatable bonds is 4. The highest BCUT2D eigenvalue weighted by Crippen LogP contribution is 2.13. The van der Waals surface area contributed by atoms with Gasteiger partial charge in [0.1, 0.15) is 6.26 Å². The van der Waals surface area contributed by atoms with Crippen molar-refractivity contribution in [1.29, 1.82) is 0 Å². The van der Waals surface area contributed by atoms with Crippen molar-refractivity contribution in [3.63, 3.8) is 0 Å². The van der Waals surface area contributed by atoms with E-state index in [2.05, 4.69) is 12.1 Å². The average molecular weight is 184 g/mol. The fourth-order valence-electron chi connectivity index (χ4n) is 1.13. The fourth-order valence-corrected chi connectivity index (χ4v) is 1.13. The van der Waals surface area contributed by atoms with Crippen molar-refractivity contribution in [2.24, 2.45) is 5.16 Å². The molecule has 1 rings (SSSR count). The van der Waals surface area contributed by atoms with E-state index >= 15 is 0 Å². The van der Waals surface area contributed by atoms with Gasteiger partial charge in [-0.1, -0.05) is 19.0 Å². The molecule has 0 saturated heterocycles. The molecule has 1 aliphatic rings. The Morgan fingerprint density at radius 3 is 3.00 bits per heavy atom. The Labute approximate surface area is 78.4 Å². The lowest BCUT2D eigenvalue weighted by Crippen LogP contribution is -2.27. The summed E-state index contributed by atoms with van der Waals surface area (Å²) in [6.45, 7) is 5.04. The number of nitrogens with zero attached hydrogens (tertiary/aromatic N) is 2. The number of hydrogen-bond donors (Lipinski definition) is 1. The molecule has 0 saturated carbocycles. The zero-order chi connectivity index (χ0) is 9.68. The van der Waals surface area contributed by atoms with Crippen molar-refractivity contribution in [3.8, 4) is 0 Å². The van der Waals surface area contributed by atoms with E-state index in [1.54, 1.807) is 6.26 Å². The van der Waals surface area contributed by atoms with Gasteiger partial charge in [-0.05, 0) is 12.0 Å². The predicted octanol–water partition coefficient (Wildman–Crippen LogP) is 1.77.